The van der Waals surface area contributed by atoms with Crippen LogP contribution in [-0.2, 0) is 6.54 Å². The molecule has 0 atom stereocenters. The minimum absolute atomic E-state index is 0.446. The van der Waals surface area contributed by atoms with Gasteiger partial charge >= 0.3 is 0 Å². The van der Waals surface area contributed by atoms with E-state index in [1.165, 1.54) is 11.3 Å². The number of methoxy groups -OCH3 is 1. The molecule has 0 unspecified atom stereocenters. The van der Waals surface area contributed by atoms with E-state index in [0.717, 1.165) is 32.3 Å². The lowest BCUT2D eigenvalue weighted by Crippen LogP contribution is -2.06. The van der Waals surface area contributed by atoms with E-state index >= 15 is 0 Å². The Morgan fingerprint density at radius 3 is 2.79 bits per heavy atom. The molecule has 28 heavy (non-hydrogen) atoms. The van der Waals surface area contributed by atoms with Gasteiger partial charge in [-0.2, -0.15) is 9.61 Å². The highest BCUT2D eigenvalue weighted by Gasteiger charge is 2.13. The first kappa shape index (κ1) is 16.6. The van der Waals surface area contributed by atoms with Gasteiger partial charge in [0.1, 0.15) is 22.8 Å². The van der Waals surface area contributed by atoms with Gasteiger partial charge < -0.3 is 4.74 Å². The van der Waals surface area contributed by atoms with Crippen molar-refractivity contribution >= 4 is 39.5 Å². The molecule has 9 heteroatoms. The molecule has 0 aliphatic rings. The van der Waals surface area contributed by atoms with Gasteiger partial charge in [0.25, 0.3) is 0 Å². The number of fused-ring (bicyclic) bond motifs is 2. The summed E-state index contributed by atoms with van der Waals surface area (Å²) in [7, 11) is 1.66. The molecule has 0 saturated carbocycles. The first-order chi connectivity index (χ1) is 13.8. The van der Waals surface area contributed by atoms with Crippen molar-refractivity contribution in [1.29, 1.82) is 0 Å². The van der Waals surface area contributed by atoms with E-state index in [-0.39, 0.29) is 0 Å². The summed E-state index contributed by atoms with van der Waals surface area (Å²) in [6, 6.07) is 15.7. The van der Waals surface area contributed by atoms with Crippen LogP contribution >= 0.6 is 11.3 Å². The number of hydrogen-bond acceptors (Lipinski definition) is 7. The van der Waals surface area contributed by atoms with E-state index in [2.05, 4.69) is 25.6 Å². The molecule has 0 aliphatic heterocycles. The second-order valence-corrected chi connectivity index (χ2v) is 7.05. The molecule has 0 radical (unpaired) electrons. The number of rotatable bonds is 5. The van der Waals surface area contributed by atoms with Crippen LogP contribution in [0.15, 0.2) is 48.5 Å². The van der Waals surface area contributed by atoms with Crippen molar-refractivity contribution in [2.24, 2.45) is 0 Å². The number of benzene rings is 2. The molecule has 5 aromatic rings. The molecular formula is C19H15N7OS. The Morgan fingerprint density at radius 1 is 1.00 bits per heavy atom. The van der Waals surface area contributed by atoms with Gasteiger partial charge in [-0.1, -0.05) is 46.9 Å². The third-order valence-corrected chi connectivity index (χ3v) is 5.19. The maximum atomic E-state index is 5.38. The predicted molar refractivity (Wildman–Crippen MR) is 107 cm³/mol. The van der Waals surface area contributed by atoms with Crippen molar-refractivity contribution < 1.29 is 4.74 Å². The standard InChI is InChI=1S/C19H15N7OS/c1-27-16-9-5-2-6-13(16)10-11-18-23-26-17(21-22-19(26)28-18)12-25-15-8-4-3-7-14(15)20-24-25/h2-11H,12H2,1H3/b11-10+. The molecule has 0 bridgehead atoms. The number of para-hydroxylation sites is 2. The van der Waals surface area contributed by atoms with E-state index in [4.69, 9.17) is 4.74 Å². The van der Waals surface area contributed by atoms with Crippen LogP contribution in [0.25, 0.3) is 28.1 Å². The van der Waals surface area contributed by atoms with Crippen LogP contribution < -0.4 is 4.74 Å². The van der Waals surface area contributed by atoms with Gasteiger partial charge in [-0.25, -0.2) is 4.68 Å². The first-order valence-corrected chi connectivity index (χ1v) is 9.44. The van der Waals surface area contributed by atoms with E-state index in [9.17, 15) is 0 Å². The first-order valence-electron chi connectivity index (χ1n) is 8.62. The zero-order chi connectivity index (χ0) is 18.9. The van der Waals surface area contributed by atoms with Gasteiger partial charge in [0.2, 0.25) is 4.96 Å². The molecule has 8 nitrogen and oxygen atoms in total. The van der Waals surface area contributed by atoms with E-state index in [0.29, 0.717) is 12.4 Å². The minimum Gasteiger partial charge on any atom is -0.496 e. The fourth-order valence-electron chi connectivity index (χ4n) is 2.97. The highest BCUT2D eigenvalue weighted by atomic mass is 32.1. The Balaban J connectivity index is 1.45. The lowest BCUT2D eigenvalue weighted by molar-refractivity contribution is 0.414. The summed E-state index contributed by atoms with van der Waals surface area (Å²) >= 11 is 1.47. The summed E-state index contributed by atoms with van der Waals surface area (Å²) < 4.78 is 8.93. The van der Waals surface area contributed by atoms with Gasteiger partial charge in [0, 0.05) is 5.56 Å². The van der Waals surface area contributed by atoms with Gasteiger partial charge in [-0.15, -0.1) is 15.3 Å². The van der Waals surface area contributed by atoms with Crippen LogP contribution in [0.2, 0.25) is 0 Å². The summed E-state index contributed by atoms with van der Waals surface area (Å²) in [6.07, 6.45) is 3.93. The molecule has 3 heterocycles. The van der Waals surface area contributed by atoms with Crippen molar-refractivity contribution in [3.8, 4) is 5.75 Å². The molecule has 0 saturated heterocycles. The Morgan fingerprint density at radius 2 is 1.86 bits per heavy atom. The molecule has 2 aromatic carbocycles. The second kappa shape index (κ2) is 6.86. The van der Waals surface area contributed by atoms with E-state index in [1.807, 2.05) is 60.7 Å². The lowest BCUT2D eigenvalue weighted by atomic mass is 10.2. The normalized spacial score (nSPS) is 11.8. The molecule has 0 amide bonds. The smallest absolute Gasteiger partial charge is 0.235 e. The van der Waals surface area contributed by atoms with Gasteiger partial charge in [0.15, 0.2) is 5.82 Å². The van der Waals surface area contributed by atoms with Crippen molar-refractivity contribution in [3.05, 3.63) is 64.9 Å². The fraction of sp³-hybridized carbons (Fsp3) is 0.105. The molecular weight excluding hydrogens is 374 g/mol. The van der Waals surface area contributed by atoms with Gasteiger partial charge in [-0.05, 0) is 30.4 Å². The summed E-state index contributed by atoms with van der Waals surface area (Å²) in [5, 5.41) is 22.3. The van der Waals surface area contributed by atoms with Crippen LogP contribution in [0, 0.1) is 0 Å². The summed E-state index contributed by atoms with van der Waals surface area (Å²) in [4.78, 5) is 0.735. The van der Waals surface area contributed by atoms with Crippen molar-refractivity contribution in [3.63, 3.8) is 0 Å². The molecule has 0 fully saturated rings. The molecule has 5 rings (SSSR count). The molecule has 0 N–H and O–H groups in total. The molecule has 0 spiro atoms. The zero-order valence-electron chi connectivity index (χ0n) is 14.9. The average Bonchev–Trinajstić information content (AvgIpc) is 3.43. The van der Waals surface area contributed by atoms with Gasteiger partial charge in [0.05, 0.1) is 12.6 Å². The summed E-state index contributed by atoms with van der Waals surface area (Å²) in [6.45, 7) is 0.446. The topological polar surface area (TPSA) is 83.0 Å². The van der Waals surface area contributed by atoms with Crippen LogP contribution in [0.1, 0.15) is 16.4 Å². The third kappa shape index (κ3) is 2.91. The average molecular weight is 389 g/mol. The van der Waals surface area contributed by atoms with E-state index in [1.54, 1.807) is 16.3 Å². The van der Waals surface area contributed by atoms with Crippen molar-refractivity contribution in [2.75, 3.05) is 7.11 Å². The minimum atomic E-state index is 0.446. The monoisotopic (exact) mass is 389 g/mol. The Labute approximate surface area is 163 Å². The van der Waals surface area contributed by atoms with Crippen LogP contribution in [0.5, 0.6) is 5.75 Å². The molecule has 138 valence electrons. The Bertz CT molecular complexity index is 1300. The quantitative estimate of drug-likeness (QED) is 0.459. The summed E-state index contributed by atoms with van der Waals surface area (Å²) in [5.41, 5.74) is 2.79. The zero-order valence-corrected chi connectivity index (χ0v) is 15.7. The van der Waals surface area contributed by atoms with Crippen LogP contribution in [-0.4, -0.2) is 41.9 Å². The van der Waals surface area contributed by atoms with E-state index < -0.39 is 0 Å². The second-order valence-electron chi connectivity index (χ2n) is 6.06. The molecule has 3 aromatic heterocycles. The highest BCUT2D eigenvalue weighted by molar-refractivity contribution is 7.17. The maximum Gasteiger partial charge on any atom is 0.235 e. The van der Waals surface area contributed by atoms with Crippen LogP contribution in [0.4, 0.5) is 0 Å². The fourth-order valence-corrected chi connectivity index (χ4v) is 3.73. The predicted octanol–water partition coefficient (Wildman–Crippen LogP) is 3.16. The van der Waals surface area contributed by atoms with Crippen molar-refractivity contribution in [1.82, 2.24) is 34.8 Å². The van der Waals surface area contributed by atoms with Gasteiger partial charge in [-0.3, -0.25) is 0 Å². The number of aromatic nitrogens is 7. The largest absolute Gasteiger partial charge is 0.496 e. The maximum absolute atomic E-state index is 5.38. The molecule has 0 aliphatic carbocycles. The Kier molecular flexibility index (Phi) is 4.06. The lowest BCUT2D eigenvalue weighted by Gasteiger charge is -2.02. The van der Waals surface area contributed by atoms with Crippen LogP contribution in [0.3, 0.4) is 0 Å². The van der Waals surface area contributed by atoms with Crippen molar-refractivity contribution in [2.45, 2.75) is 6.54 Å². The third-order valence-electron chi connectivity index (χ3n) is 4.33. The SMILES string of the molecule is COc1ccccc1/C=C/c1nn2c(Cn3nnc4ccccc43)nnc2s1. The summed E-state index contributed by atoms with van der Waals surface area (Å²) in [5.74, 6) is 1.53. The highest BCUT2D eigenvalue weighted by Crippen LogP contribution is 2.22. The number of ether oxygens (including phenoxy) is 1. The Hall–Kier alpha value is -3.59. The number of nitrogens with zero attached hydrogens (tertiary/aromatic N) is 7. The number of hydrogen-bond donors (Lipinski definition) is 0.